The van der Waals surface area contributed by atoms with Gasteiger partial charge < -0.3 is 15.4 Å². The summed E-state index contributed by atoms with van der Waals surface area (Å²) >= 11 is 0. The summed E-state index contributed by atoms with van der Waals surface area (Å²) in [5, 5.41) is 5.53. The average Bonchev–Trinajstić information content (AvgIpc) is 2.78. The van der Waals surface area contributed by atoms with E-state index in [-0.39, 0.29) is 17.5 Å². The molecule has 6 nitrogen and oxygen atoms in total. The van der Waals surface area contributed by atoms with E-state index >= 15 is 0 Å². The number of ether oxygens (including phenoxy) is 1. The highest BCUT2D eigenvalue weighted by Crippen LogP contribution is 2.18. The summed E-state index contributed by atoms with van der Waals surface area (Å²) in [6, 6.07) is 22.9. The molecule has 2 amide bonds. The minimum atomic E-state index is -0.692. The van der Waals surface area contributed by atoms with E-state index in [0.717, 1.165) is 11.1 Å². The van der Waals surface area contributed by atoms with Gasteiger partial charge in [0.2, 0.25) is 0 Å². The number of hydrogen-bond acceptors (Lipinski definition) is 4. The number of aryl methyl sites for hydroxylation is 1. The zero-order valence-corrected chi connectivity index (χ0v) is 17.4. The Kier molecular flexibility index (Phi) is 7.17. The Labute approximate surface area is 181 Å². The molecule has 0 saturated carbocycles. The maximum atomic E-state index is 12.5. The normalized spacial score (nSPS) is 11.3. The molecular weight excluding hydrogens is 392 g/mol. The van der Waals surface area contributed by atoms with Crippen LogP contribution in [0.2, 0.25) is 0 Å². The molecule has 0 aliphatic carbocycles. The van der Waals surface area contributed by atoms with Crippen molar-refractivity contribution in [3.05, 3.63) is 101 Å². The minimum absolute atomic E-state index is 0.174. The van der Waals surface area contributed by atoms with Crippen LogP contribution in [0.3, 0.4) is 0 Å². The lowest BCUT2D eigenvalue weighted by Crippen LogP contribution is -2.31. The molecule has 0 bridgehead atoms. The number of benzene rings is 3. The molecular formula is C25H24N2O4. The second-order valence-corrected chi connectivity index (χ2v) is 7.15. The summed E-state index contributed by atoms with van der Waals surface area (Å²) in [6.45, 7) is 3.33. The summed E-state index contributed by atoms with van der Waals surface area (Å²) in [5.74, 6) is -1.44. The quantitative estimate of drug-likeness (QED) is 0.563. The highest BCUT2D eigenvalue weighted by Gasteiger charge is 2.17. The Morgan fingerprint density at radius 1 is 0.903 bits per heavy atom. The van der Waals surface area contributed by atoms with Crippen LogP contribution in [-0.4, -0.2) is 24.4 Å². The van der Waals surface area contributed by atoms with Crippen LogP contribution in [-0.2, 0) is 9.53 Å². The van der Waals surface area contributed by atoms with E-state index in [0.29, 0.717) is 11.3 Å². The van der Waals surface area contributed by atoms with Gasteiger partial charge in [-0.1, -0.05) is 60.2 Å². The Hall–Kier alpha value is -3.93. The predicted molar refractivity (Wildman–Crippen MR) is 119 cm³/mol. The molecule has 3 rings (SSSR count). The van der Waals surface area contributed by atoms with Gasteiger partial charge in [-0.3, -0.25) is 9.59 Å². The molecule has 6 heteroatoms. The van der Waals surface area contributed by atoms with Gasteiger partial charge in [0, 0.05) is 5.56 Å². The third-order valence-electron chi connectivity index (χ3n) is 4.69. The first-order valence-corrected chi connectivity index (χ1v) is 9.92. The molecule has 0 saturated heterocycles. The summed E-state index contributed by atoms with van der Waals surface area (Å²) in [4.78, 5) is 37.3. The lowest BCUT2D eigenvalue weighted by molar-refractivity contribution is -0.124. The third-order valence-corrected chi connectivity index (χ3v) is 4.69. The molecule has 0 aliphatic rings. The number of amides is 2. The molecule has 31 heavy (non-hydrogen) atoms. The van der Waals surface area contributed by atoms with Crippen LogP contribution in [0, 0.1) is 6.92 Å². The van der Waals surface area contributed by atoms with E-state index in [4.69, 9.17) is 4.74 Å². The first kappa shape index (κ1) is 21.8. The molecule has 158 valence electrons. The number of anilines is 1. The van der Waals surface area contributed by atoms with Gasteiger partial charge in [0.1, 0.15) is 0 Å². The molecule has 1 atom stereocenters. The monoisotopic (exact) mass is 416 g/mol. The van der Waals surface area contributed by atoms with Crippen molar-refractivity contribution in [2.75, 3.05) is 11.9 Å². The lowest BCUT2D eigenvalue weighted by Gasteiger charge is -2.15. The van der Waals surface area contributed by atoms with Gasteiger partial charge in [-0.05, 0) is 43.7 Å². The standard InChI is InChI=1S/C25H24N2O4/c1-17-9-8-12-20(15-17)24(29)27-22-14-7-6-13-21(22)25(30)31-16-23(28)26-18(2)19-10-4-3-5-11-19/h3-15,18H,16H2,1-2H3,(H,26,28)(H,27,29)/t18-/m1/s1. The Bertz CT molecular complexity index is 1080. The van der Waals surface area contributed by atoms with Gasteiger partial charge >= 0.3 is 5.97 Å². The van der Waals surface area contributed by atoms with Crippen LogP contribution in [0.15, 0.2) is 78.9 Å². The van der Waals surface area contributed by atoms with Crippen molar-refractivity contribution in [1.29, 1.82) is 0 Å². The Balaban J connectivity index is 1.60. The largest absolute Gasteiger partial charge is 0.452 e. The molecule has 0 radical (unpaired) electrons. The smallest absolute Gasteiger partial charge is 0.340 e. The number of rotatable bonds is 7. The molecule has 0 aliphatic heterocycles. The van der Waals surface area contributed by atoms with E-state index in [1.807, 2.05) is 50.2 Å². The highest BCUT2D eigenvalue weighted by molar-refractivity contribution is 6.08. The topological polar surface area (TPSA) is 84.5 Å². The van der Waals surface area contributed by atoms with Crippen molar-refractivity contribution >= 4 is 23.5 Å². The van der Waals surface area contributed by atoms with Crippen molar-refractivity contribution in [3.63, 3.8) is 0 Å². The summed E-state index contributed by atoms with van der Waals surface area (Å²) in [7, 11) is 0. The van der Waals surface area contributed by atoms with Crippen LogP contribution < -0.4 is 10.6 Å². The highest BCUT2D eigenvalue weighted by atomic mass is 16.5. The molecule has 3 aromatic rings. The number of carbonyl (C=O) groups is 3. The van der Waals surface area contributed by atoms with Gasteiger partial charge in [-0.15, -0.1) is 0 Å². The first-order chi connectivity index (χ1) is 14.9. The summed E-state index contributed by atoms with van der Waals surface area (Å²) in [6.07, 6.45) is 0. The lowest BCUT2D eigenvalue weighted by atomic mass is 10.1. The van der Waals surface area contributed by atoms with E-state index in [9.17, 15) is 14.4 Å². The van der Waals surface area contributed by atoms with Crippen LogP contribution in [0.1, 0.15) is 44.8 Å². The average molecular weight is 416 g/mol. The fraction of sp³-hybridized carbons (Fsp3) is 0.160. The van der Waals surface area contributed by atoms with Crippen molar-refractivity contribution in [2.45, 2.75) is 19.9 Å². The number of esters is 1. The fourth-order valence-corrected chi connectivity index (χ4v) is 3.07. The maximum Gasteiger partial charge on any atom is 0.340 e. The second-order valence-electron chi connectivity index (χ2n) is 7.15. The Morgan fingerprint density at radius 3 is 2.35 bits per heavy atom. The van der Waals surface area contributed by atoms with Crippen molar-refractivity contribution in [1.82, 2.24) is 5.32 Å². The number of hydrogen-bond donors (Lipinski definition) is 2. The summed E-state index contributed by atoms with van der Waals surface area (Å²) < 4.78 is 5.17. The van der Waals surface area contributed by atoms with Gasteiger partial charge in [0.05, 0.1) is 17.3 Å². The van der Waals surface area contributed by atoms with Gasteiger partial charge in [0.25, 0.3) is 11.8 Å². The van der Waals surface area contributed by atoms with Crippen LogP contribution >= 0.6 is 0 Å². The van der Waals surface area contributed by atoms with E-state index in [2.05, 4.69) is 10.6 Å². The fourth-order valence-electron chi connectivity index (χ4n) is 3.07. The van der Waals surface area contributed by atoms with Gasteiger partial charge in [0.15, 0.2) is 6.61 Å². The predicted octanol–water partition coefficient (Wildman–Crippen LogP) is 4.28. The van der Waals surface area contributed by atoms with E-state index in [1.165, 1.54) is 0 Å². The van der Waals surface area contributed by atoms with Gasteiger partial charge in [-0.2, -0.15) is 0 Å². The molecule has 3 aromatic carbocycles. The molecule has 0 unspecified atom stereocenters. The maximum absolute atomic E-state index is 12.5. The van der Waals surface area contributed by atoms with Crippen LogP contribution in [0.5, 0.6) is 0 Å². The van der Waals surface area contributed by atoms with Crippen molar-refractivity contribution in [3.8, 4) is 0 Å². The van der Waals surface area contributed by atoms with E-state index in [1.54, 1.807) is 42.5 Å². The molecule has 0 aromatic heterocycles. The third kappa shape index (κ3) is 6.02. The van der Waals surface area contributed by atoms with Crippen LogP contribution in [0.25, 0.3) is 0 Å². The SMILES string of the molecule is Cc1cccc(C(=O)Nc2ccccc2C(=O)OCC(=O)N[C@H](C)c2ccccc2)c1. The second kappa shape index (κ2) is 10.2. The molecule has 0 spiro atoms. The summed E-state index contributed by atoms with van der Waals surface area (Å²) in [5.41, 5.74) is 2.88. The first-order valence-electron chi connectivity index (χ1n) is 9.92. The number of carbonyl (C=O) groups excluding carboxylic acids is 3. The van der Waals surface area contributed by atoms with Crippen LogP contribution in [0.4, 0.5) is 5.69 Å². The number of para-hydroxylation sites is 1. The number of nitrogens with one attached hydrogen (secondary N) is 2. The molecule has 0 fully saturated rings. The molecule has 0 heterocycles. The molecule has 2 N–H and O–H groups in total. The zero-order chi connectivity index (χ0) is 22.2. The van der Waals surface area contributed by atoms with Crippen molar-refractivity contribution < 1.29 is 19.1 Å². The zero-order valence-electron chi connectivity index (χ0n) is 17.4. The van der Waals surface area contributed by atoms with Crippen molar-refractivity contribution in [2.24, 2.45) is 0 Å². The Morgan fingerprint density at radius 2 is 1.61 bits per heavy atom. The van der Waals surface area contributed by atoms with Gasteiger partial charge in [-0.25, -0.2) is 4.79 Å². The minimum Gasteiger partial charge on any atom is -0.452 e. The van der Waals surface area contributed by atoms with E-state index < -0.39 is 18.5 Å².